The number of rotatable bonds is 2. The summed E-state index contributed by atoms with van der Waals surface area (Å²) in [6.45, 7) is 9.21. The number of hydrogen-bond donors (Lipinski definition) is 2. The highest BCUT2D eigenvalue weighted by Crippen LogP contribution is 2.38. The van der Waals surface area contributed by atoms with Crippen LogP contribution in [0, 0.1) is 10.8 Å². The molecule has 3 saturated heterocycles. The van der Waals surface area contributed by atoms with Gasteiger partial charge >= 0.3 is 0 Å². The zero-order valence-electron chi connectivity index (χ0n) is 11.4. The topological polar surface area (TPSA) is 44.4 Å². The van der Waals surface area contributed by atoms with Crippen molar-refractivity contribution in [3.63, 3.8) is 0 Å². The number of nitrogens with zero attached hydrogens (tertiary/aromatic N) is 1. The SMILES string of the molecule is CC1(CN2CCC3(CC2)CNC(=O)C3)CCNC1. The first-order valence-corrected chi connectivity index (χ1v) is 7.29. The maximum absolute atomic E-state index is 11.4. The smallest absolute Gasteiger partial charge is 0.220 e. The van der Waals surface area contributed by atoms with Gasteiger partial charge in [-0.2, -0.15) is 0 Å². The molecule has 0 aliphatic carbocycles. The fraction of sp³-hybridized carbons (Fsp3) is 0.929. The molecular weight excluding hydrogens is 226 g/mol. The zero-order chi connectivity index (χ0) is 12.6. The lowest BCUT2D eigenvalue weighted by Crippen LogP contribution is -2.45. The molecule has 0 aromatic heterocycles. The average Bonchev–Trinajstić information content (AvgIpc) is 2.91. The molecule has 3 aliphatic heterocycles. The minimum Gasteiger partial charge on any atom is -0.356 e. The molecule has 1 unspecified atom stereocenters. The first-order chi connectivity index (χ1) is 8.59. The first kappa shape index (κ1) is 12.4. The van der Waals surface area contributed by atoms with Gasteiger partial charge in [0, 0.05) is 26.1 Å². The summed E-state index contributed by atoms with van der Waals surface area (Å²) in [6, 6.07) is 0. The Morgan fingerprint density at radius 2 is 2.00 bits per heavy atom. The van der Waals surface area contributed by atoms with Crippen molar-refractivity contribution in [2.45, 2.75) is 32.6 Å². The molecule has 3 rings (SSSR count). The highest BCUT2D eigenvalue weighted by Gasteiger charge is 2.42. The lowest BCUT2D eigenvalue weighted by molar-refractivity contribution is -0.119. The number of amides is 1. The van der Waals surface area contributed by atoms with Crippen LogP contribution in [0.25, 0.3) is 0 Å². The van der Waals surface area contributed by atoms with Crippen molar-refractivity contribution in [3.8, 4) is 0 Å². The van der Waals surface area contributed by atoms with E-state index in [0.717, 1.165) is 19.5 Å². The van der Waals surface area contributed by atoms with Gasteiger partial charge in [-0.05, 0) is 49.7 Å². The first-order valence-electron chi connectivity index (χ1n) is 7.29. The molecule has 3 aliphatic rings. The third-order valence-electron chi connectivity index (χ3n) is 5.18. The normalized spacial score (nSPS) is 36.2. The van der Waals surface area contributed by atoms with Gasteiger partial charge in [-0.3, -0.25) is 4.79 Å². The zero-order valence-corrected chi connectivity index (χ0v) is 11.4. The summed E-state index contributed by atoms with van der Waals surface area (Å²) in [5.74, 6) is 0.260. The fourth-order valence-corrected chi connectivity index (χ4v) is 3.83. The number of nitrogens with one attached hydrogen (secondary N) is 2. The quantitative estimate of drug-likeness (QED) is 0.755. The van der Waals surface area contributed by atoms with Crippen LogP contribution >= 0.6 is 0 Å². The summed E-state index contributed by atoms with van der Waals surface area (Å²) in [5.41, 5.74) is 0.761. The van der Waals surface area contributed by atoms with Crippen LogP contribution in [0.3, 0.4) is 0 Å². The lowest BCUT2D eigenvalue weighted by Gasteiger charge is -2.41. The molecule has 1 atom stereocenters. The number of hydrogen-bond acceptors (Lipinski definition) is 3. The van der Waals surface area contributed by atoms with E-state index in [-0.39, 0.29) is 5.91 Å². The molecule has 0 bridgehead atoms. The molecule has 102 valence electrons. The second-order valence-electron chi connectivity index (χ2n) is 6.97. The molecule has 0 radical (unpaired) electrons. The summed E-state index contributed by atoms with van der Waals surface area (Å²) in [4.78, 5) is 14.0. The molecule has 1 spiro atoms. The van der Waals surface area contributed by atoms with E-state index in [4.69, 9.17) is 0 Å². The number of carbonyl (C=O) groups is 1. The van der Waals surface area contributed by atoms with Gasteiger partial charge in [0.15, 0.2) is 0 Å². The maximum atomic E-state index is 11.4. The molecule has 0 aromatic carbocycles. The Balaban J connectivity index is 1.52. The molecule has 3 fully saturated rings. The predicted octanol–water partition coefficient (Wildman–Crippen LogP) is 0.588. The minimum atomic E-state index is 0.260. The van der Waals surface area contributed by atoms with Crippen molar-refractivity contribution >= 4 is 5.91 Å². The Morgan fingerprint density at radius 1 is 1.22 bits per heavy atom. The highest BCUT2D eigenvalue weighted by atomic mass is 16.1. The van der Waals surface area contributed by atoms with E-state index in [1.54, 1.807) is 0 Å². The van der Waals surface area contributed by atoms with E-state index in [1.165, 1.54) is 45.4 Å². The summed E-state index contributed by atoms with van der Waals surface area (Å²) in [5, 5.41) is 6.48. The number of likely N-dealkylation sites (tertiary alicyclic amines) is 1. The average molecular weight is 251 g/mol. The van der Waals surface area contributed by atoms with Crippen LogP contribution in [-0.4, -0.2) is 50.1 Å². The summed E-state index contributed by atoms with van der Waals surface area (Å²) >= 11 is 0. The summed E-state index contributed by atoms with van der Waals surface area (Å²) in [7, 11) is 0. The van der Waals surface area contributed by atoms with Gasteiger partial charge in [-0.1, -0.05) is 6.92 Å². The second-order valence-corrected chi connectivity index (χ2v) is 6.97. The molecule has 1 amide bonds. The van der Waals surface area contributed by atoms with Crippen LogP contribution in [0.5, 0.6) is 0 Å². The van der Waals surface area contributed by atoms with Crippen molar-refractivity contribution in [2.75, 3.05) is 39.3 Å². The maximum Gasteiger partial charge on any atom is 0.220 e. The van der Waals surface area contributed by atoms with E-state index in [2.05, 4.69) is 22.5 Å². The number of carbonyl (C=O) groups excluding carboxylic acids is 1. The van der Waals surface area contributed by atoms with Crippen molar-refractivity contribution in [2.24, 2.45) is 10.8 Å². The Bertz CT molecular complexity index is 328. The number of piperidine rings is 1. The molecule has 2 N–H and O–H groups in total. The lowest BCUT2D eigenvalue weighted by atomic mass is 9.77. The molecule has 0 saturated carbocycles. The summed E-state index contributed by atoms with van der Waals surface area (Å²) in [6.07, 6.45) is 4.44. The molecule has 4 heteroatoms. The Morgan fingerprint density at radius 3 is 2.56 bits per heavy atom. The van der Waals surface area contributed by atoms with Crippen molar-refractivity contribution in [1.29, 1.82) is 0 Å². The Hall–Kier alpha value is -0.610. The van der Waals surface area contributed by atoms with Crippen molar-refractivity contribution in [1.82, 2.24) is 15.5 Å². The van der Waals surface area contributed by atoms with E-state index >= 15 is 0 Å². The van der Waals surface area contributed by atoms with E-state index in [0.29, 0.717) is 10.8 Å². The van der Waals surface area contributed by atoms with Gasteiger partial charge < -0.3 is 15.5 Å². The van der Waals surface area contributed by atoms with Crippen LogP contribution in [0.2, 0.25) is 0 Å². The third-order valence-corrected chi connectivity index (χ3v) is 5.18. The van der Waals surface area contributed by atoms with Crippen LogP contribution in [-0.2, 0) is 4.79 Å². The fourth-order valence-electron chi connectivity index (χ4n) is 3.83. The van der Waals surface area contributed by atoms with Crippen molar-refractivity contribution < 1.29 is 4.79 Å². The molecular formula is C14H25N3O. The Kier molecular flexibility index (Phi) is 3.10. The monoisotopic (exact) mass is 251 g/mol. The minimum absolute atomic E-state index is 0.260. The van der Waals surface area contributed by atoms with Crippen LogP contribution < -0.4 is 10.6 Å². The standard InChI is InChI=1S/C14H25N3O/c1-13(2-5-15-9-13)11-17-6-3-14(4-7-17)8-12(18)16-10-14/h15H,2-11H2,1H3,(H,16,18). The van der Waals surface area contributed by atoms with E-state index in [1.807, 2.05) is 0 Å². The van der Waals surface area contributed by atoms with Crippen LogP contribution in [0.1, 0.15) is 32.6 Å². The second kappa shape index (κ2) is 4.49. The Labute approximate surface area is 109 Å². The van der Waals surface area contributed by atoms with Gasteiger partial charge in [0.2, 0.25) is 5.91 Å². The molecule has 3 heterocycles. The van der Waals surface area contributed by atoms with Gasteiger partial charge in [0.25, 0.3) is 0 Å². The molecule has 0 aromatic rings. The highest BCUT2D eigenvalue weighted by molar-refractivity contribution is 5.79. The van der Waals surface area contributed by atoms with Crippen molar-refractivity contribution in [3.05, 3.63) is 0 Å². The van der Waals surface area contributed by atoms with Crippen LogP contribution in [0.15, 0.2) is 0 Å². The van der Waals surface area contributed by atoms with Gasteiger partial charge in [0.05, 0.1) is 0 Å². The van der Waals surface area contributed by atoms with E-state index in [9.17, 15) is 4.79 Å². The predicted molar refractivity (Wildman–Crippen MR) is 71.3 cm³/mol. The van der Waals surface area contributed by atoms with Gasteiger partial charge in [-0.15, -0.1) is 0 Å². The third kappa shape index (κ3) is 2.41. The summed E-state index contributed by atoms with van der Waals surface area (Å²) < 4.78 is 0. The largest absolute Gasteiger partial charge is 0.356 e. The molecule has 18 heavy (non-hydrogen) atoms. The van der Waals surface area contributed by atoms with Gasteiger partial charge in [-0.25, -0.2) is 0 Å². The van der Waals surface area contributed by atoms with Gasteiger partial charge in [0.1, 0.15) is 0 Å². The molecule has 4 nitrogen and oxygen atoms in total. The van der Waals surface area contributed by atoms with E-state index < -0.39 is 0 Å². The van der Waals surface area contributed by atoms with Crippen LogP contribution in [0.4, 0.5) is 0 Å².